The zero-order valence-corrected chi connectivity index (χ0v) is 8.47. The number of hydrogen-bond donors (Lipinski definition) is 0. The molecule has 0 saturated carbocycles. The number of fused-ring (bicyclic) bond motifs is 1. The summed E-state index contributed by atoms with van der Waals surface area (Å²) in [4.78, 5) is 11.2. The Hall–Kier alpha value is -1.28. The molecule has 72 valence electrons. The van der Waals surface area contributed by atoms with Crippen molar-refractivity contribution in [3.8, 4) is 5.75 Å². The van der Waals surface area contributed by atoms with Crippen LogP contribution in [0.25, 0.3) is 6.08 Å². The van der Waals surface area contributed by atoms with E-state index < -0.39 is 0 Å². The standard InChI is InChI=1S/C11H9ClO2/c1-14-11-5-4-10(12)8-3-2-7(13)6-9(8)11/h2-5H,6H2,1H3. The van der Waals surface area contributed by atoms with E-state index in [2.05, 4.69) is 0 Å². The first-order valence-electron chi connectivity index (χ1n) is 4.28. The van der Waals surface area contributed by atoms with Gasteiger partial charge in [-0.2, -0.15) is 0 Å². The highest BCUT2D eigenvalue weighted by Crippen LogP contribution is 2.32. The second-order valence-electron chi connectivity index (χ2n) is 3.12. The van der Waals surface area contributed by atoms with Crippen molar-refractivity contribution < 1.29 is 9.53 Å². The van der Waals surface area contributed by atoms with Gasteiger partial charge in [0.1, 0.15) is 5.75 Å². The molecule has 0 aliphatic heterocycles. The molecule has 0 radical (unpaired) electrons. The highest BCUT2D eigenvalue weighted by molar-refractivity contribution is 6.32. The van der Waals surface area contributed by atoms with Crippen molar-refractivity contribution in [2.75, 3.05) is 7.11 Å². The number of hydrogen-bond acceptors (Lipinski definition) is 2. The number of ether oxygens (including phenoxy) is 1. The van der Waals surface area contributed by atoms with Gasteiger partial charge in [-0.15, -0.1) is 0 Å². The number of benzene rings is 1. The molecule has 1 aromatic carbocycles. The molecule has 0 unspecified atom stereocenters. The van der Waals surface area contributed by atoms with Crippen molar-refractivity contribution in [2.24, 2.45) is 0 Å². The number of ketones is 1. The lowest BCUT2D eigenvalue weighted by Crippen LogP contribution is -2.07. The molecule has 0 heterocycles. The second-order valence-corrected chi connectivity index (χ2v) is 3.53. The maximum absolute atomic E-state index is 11.2. The number of rotatable bonds is 1. The molecule has 0 bridgehead atoms. The summed E-state index contributed by atoms with van der Waals surface area (Å²) in [7, 11) is 1.59. The average Bonchev–Trinajstić information content (AvgIpc) is 2.18. The van der Waals surface area contributed by atoms with Crippen LogP contribution in [0.3, 0.4) is 0 Å². The molecule has 0 amide bonds. The molecule has 1 aromatic rings. The minimum absolute atomic E-state index is 0.0815. The van der Waals surface area contributed by atoms with E-state index in [1.165, 1.54) is 0 Å². The minimum Gasteiger partial charge on any atom is -0.496 e. The van der Waals surface area contributed by atoms with E-state index in [0.717, 1.165) is 16.9 Å². The molecule has 0 fully saturated rings. The Bertz CT molecular complexity index is 422. The van der Waals surface area contributed by atoms with Gasteiger partial charge in [0.25, 0.3) is 0 Å². The van der Waals surface area contributed by atoms with Crippen LogP contribution in [0.4, 0.5) is 0 Å². The Morgan fingerprint density at radius 3 is 2.86 bits per heavy atom. The fourth-order valence-corrected chi connectivity index (χ4v) is 1.82. The number of carbonyl (C=O) groups excluding carboxylic acids is 1. The van der Waals surface area contributed by atoms with Gasteiger partial charge in [-0.3, -0.25) is 4.79 Å². The number of allylic oxidation sites excluding steroid dienone is 1. The lowest BCUT2D eigenvalue weighted by atomic mass is 9.96. The number of halogens is 1. The quantitative estimate of drug-likeness (QED) is 0.709. The zero-order valence-electron chi connectivity index (χ0n) is 7.71. The van der Waals surface area contributed by atoms with E-state index in [4.69, 9.17) is 16.3 Å². The van der Waals surface area contributed by atoms with Crippen molar-refractivity contribution in [1.82, 2.24) is 0 Å². The van der Waals surface area contributed by atoms with Crippen LogP contribution in [-0.2, 0) is 11.2 Å². The van der Waals surface area contributed by atoms with Crippen molar-refractivity contribution >= 4 is 23.5 Å². The van der Waals surface area contributed by atoms with E-state index in [1.54, 1.807) is 31.4 Å². The smallest absolute Gasteiger partial charge is 0.160 e. The summed E-state index contributed by atoms with van der Waals surface area (Å²) < 4.78 is 5.17. The molecule has 0 atom stereocenters. The Morgan fingerprint density at radius 1 is 1.36 bits per heavy atom. The molecular weight excluding hydrogens is 200 g/mol. The molecule has 2 rings (SSSR count). The number of methoxy groups -OCH3 is 1. The van der Waals surface area contributed by atoms with Crippen LogP contribution in [-0.4, -0.2) is 12.9 Å². The van der Waals surface area contributed by atoms with Gasteiger partial charge >= 0.3 is 0 Å². The van der Waals surface area contributed by atoms with Gasteiger partial charge in [0, 0.05) is 22.6 Å². The van der Waals surface area contributed by atoms with Gasteiger partial charge in [0.15, 0.2) is 5.78 Å². The van der Waals surface area contributed by atoms with Gasteiger partial charge in [0.05, 0.1) is 7.11 Å². The summed E-state index contributed by atoms with van der Waals surface area (Å²) in [6, 6.07) is 3.56. The molecule has 0 spiro atoms. The van der Waals surface area contributed by atoms with Crippen LogP contribution >= 0.6 is 11.6 Å². The van der Waals surface area contributed by atoms with E-state index in [9.17, 15) is 4.79 Å². The van der Waals surface area contributed by atoms with E-state index in [-0.39, 0.29) is 5.78 Å². The third-order valence-electron chi connectivity index (χ3n) is 2.27. The van der Waals surface area contributed by atoms with Crippen LogP contribution in [0.1, 0.15) is 11.1 Å². The molecule has 1 aliphatic carbocycles. The first kappa shape index (κ1) is 9.28. The molecule has 2 nitrogen and oxygen atoms in total. The Labute approximate surface area is 87.1 Å². The first-order valence-corrected chi connectivity index (χ1v) is 4.66. The molecular formula is C11H9ClO2. The summed E-state index contributed by atoms with van der Waals surface area (Å²) in [6.45, 7) is 0. The summed E-state index contributed by atoms with van der Waals surface area (Å²) in [5.41, 5.74) is 1.78. The zero-order chi connectivity index (χ0) is 10.1. The predicted octanol–water partition coefficient (Wildman–Crippen LogP) is 2.49. The second kappa shape index (κ2) is 3.46. The van der Waals surface area contributed by atoms with Crippen LogP contribution in [0.15, 0.2) is 18.2 Å². The third-order valence-corrected chi connectivity index (χ3v) is 2.60. The highest BCUT2D eigenvalue weighted by Gasteiger charge is 2.17. The predicted molar refractivity (Wildman–Crippen MR) is 55.7 cm³/mol. The van der Waals surface area contributed by atoms with Crippen LogP contribution in [0, 0.1) is 0 Å². The van der Waals surface area contributed by atoms with Crippen LogP contribution in [0.5, 0.6) is 5.75 Å². The van der Waals surface area contributed by atoms with E-state index in [1.807, 2.05) is 0 Å². The minimum atomic E-state index is 0.0815. The number of carbonyl (C=O) groups is 1. The Balaban J connectivity index is 2.63. The summed E-state index contributed by atoms with van der Waals surface area (Å²) in [5.74, 6) is 0.806. The summed E-state index contributed by atoms with van der Waals surface area (Å²) >= 11 is 6.00. The maximum Gasteiger partial charge on any atom is 0.160 e. The maximum atomic E-state index is 11.2. The lowest BCUT2D eigenvalue weighted by Gasteiger charge is -2.14. The van der Waals surface area contributed by atoms with Gasteiger partial charge < -0.3 is 4.74 Å². The van der Waals surface area contributed by atoms with E-state index in [0.29, 0.717) is 11.4 Å². The molecule has 0 saturated heterocycles. The van der Waals surface area contributed by atoms with Gasteiger partial charge in [-0.1, -0.05) is 11.6 Å². The fourth-order valence-electron chi connectivity index (χ4n) is 1.58. The van der Waals surface area contributed by atoms with Gasteiger partial charge in [-0.25, -0.2) is 0 Å². The SMILES string of the molecule is COc1ccc(Cl)c2c1CC(=O)C=C2. The Kier molecular flexibility index (Phi) is 2.30. The summed E-state index contributed by atoms with van der Waals surface area (Å²) in [6.07, 6.45) is 3.66. The van der Waals surface area contributed by atoms with Crippen molar-refractivity contribution in [2.45, 2.75) is 6.42 Å². The van der Waals surface area contributed by atoms with Crippen LogP contribution < -0.4 is 4.74 Å². The molecule has 0 N–H and O–H groups in total. The van der Waals surface area contributed by atoms with Crippen molar-refractivity contribution in [1.29, 1.82) is 0 Å². The molecule has 3 heteroatoms. The largest absolute Gasteiger partial charge is 0.496 e. The molecule has 14 heavy (non-hydrogen) atoms. The molecule has 0 aromatic heterocycles. The Morgan fingerprint density at radius 2 is 2.14 bits per heavy atom. The van der Waals surface area contributed by atoms with Gasteiger partial charge in [-0.05, 0) is 24.3 Å². The first-order chi connectivity index (χ1) is 6.72. The topological polar surface area (TPSA) is 26.3 Å². The van der Waals surface area contributed by atoms with Crippen molar-refractivity contribution in [3.05, 3.63) is 34.4 Å². The van der Waals surface area contributed by atoms with Gasteiger partial charge in [0.2, 0.25) is 0 Å². The fraction of sp³-hybridized carbons (Fsp3) is 0.182. The highest BCUT2D eigenvalue weighted by atomic mass is 35.5. The monoisotopic (exact) mass is 208 g/mol. The molecule has 1 aliphatic rings. The lowest BCUT2D eigenvalue weighted by molar-refractivity contribution is -0.114. The normalized spacial score (nSPS) is 14.0. The van der Waals surface area contributed by atoms with Crippen molar-refractivity contribution in [3.63, 3.8) is 0 Å². The van der Waals surface area contributed by atoms with Crippen LogP contribution in [0.2, 0.25) is 5.02 Å². The van der Waals surface area contributed by atoms with E-state index >= 15 is 0 Å². The summed E-state index contributed by atoms with van der Waals surface area (Å²) in [5, 5.41) is 0.657. The third kappa shape index (κ3) is 1.42. The average molecular weight is 209 g/mol.